The molecule has 5 rings (SSSR count). The Hall–Kier alpha value is -4.11. The predicted octanol–water partition coefficient (Wildman–Crippen LogP) is 5.46. The third kappa shape index (κ3) is 5.02. The average Bonchev–Trinajstić information content (AvgIpc) is 3.48. The van der Waals surface area contributed by atoms with Gasteiger partial charge >= 0.3 is 0 Å². The number of aromatic nitrogens is 2. The van der Waals surface area contributed by atoms with Crippen LogP contribution in [0.5, 0.6) is 0 Å². The van der Waals surface area contributed by atoms with Gasteiger partial charge in [-0.2, -0.15) is 0 Å². The number of carbonyl (C=O) groups excluding carboxylic acids is 1. The van der Waals surface area contributed by atoms with Crippen LogP contribution in [0.3, 0.4) is 0 Å². The van der Waals surface area contributed by atoms with Crippen LogP contribution in [-0.2, 0) is 34.0 Å². The maximum absolute atomic E-state index is 14.6. The topological polar surface area (TPSA) is 82.2 Å². The van der Waals surface area contributed by atoms with Gasteiger partial charge in [-0.1, -0.05) is 59.8 Å². The Balaban J connectivity index is 1.60. The van der Waals surface area contributed by atoms with E-state index < -0.39 is 32.5 Å². The van der Waals surface area contributed by atoms with Gasteiger partial charge in [0.05, 0.1) is 23.6 Å². The number of halogens is 2. The second-order valence-electron chi connectivity index (χ2n) is 9.13. The van der Waals surface area contributed by atoms with Gasteiger partial charge < -0.3 is 9.09 Å². The molecule has 5 aromatic rings. The van der Waals surface area contributed by atoms with Crippen molar-refractivity contribution in [3.8, 4) is 0 Å². The van der Waals surface area contributed by atoms with Crippen molar-refractivity contribution in [1.82, 2.24) is 9.72 Å². The van der Waals surface area contributed by atoms with E-state index in [0.29, 0.717) is 27.9 Å². The smallest absolute Gasteiger partial charge is 0.190 e. The number of rotatable bonds is 9. The Bertz CT molecular complexity index is 1740. The molecule has 0 saturated heterocycles. The lowest BCUT2D eigenvalue weighted by Crippen LogP contribution is -2.34. The Kier molecular flexibility index (Phi) is 6.94. The van der Waals surface area contributed by atoms with Crippen molar-refractivity contribution in [2.75, 3.05) is 0 Å². The number of nitrogens with zero attached hydrogens (tertiary/aromatic N) is 2. The van der Waals surface area contributed by atoms with Crippen molar-refractivity contribution in [3.05, 3.63) is 119 Å². The Labute approximate surface area is 218 Å². The number of sulfone groups is 1. The number of benzene rings is 3. The van der Waals surface area contributed by atoms with Gasteiger partial charge in [-0.3, -0.25) is 4.79 Å². The van der Waals surface area contributed by atoms with E-state index in [1.165, 1.54) is 30.5 Å². The number of hydrogen-bond acceptors (Lipinski definition) is 5. The summed E-state index contributed by atoms with van der Waals surface area (Å²) in [5, 5.41) is 2.64. The highest BCUT2D eigenvalue weighted by atomic mass is 32.2. The van der Waals surface area contributed by atoms with Crippen LogP contribution in [0.15, 0.2) is 94.5 Å². The fraction of sp³-hybridized carbons (Fsp3) is 0.172. The van der Waals surface area contributed by atoms with Crippen LogP contribution in [0.25, 0.3) is 10.9 Å². The highest BCUT2D eigenvalue weighted by Crippen LogP contribution is 2.31. The molecule has 0 fully saturated rings. The first-order valence-electron chi connectivity index (χ1n) is 12.0. The normalized spacial score (nSPS) is 12.6. The van der Waals surface area contributed by atoms with Crippen molar-refractivity contribution >= 4 is 26.5 Å². The number of para-hydroxylation sites is 1. The summed E-state index contributed by atoms with van der Waals surface area (Å²) >= 11 is 0. The van der Waals surface area contributed by atoms with Crippen molar-refractivity contribution in [2.24, 2.45) is 0 Å². The number of fused-ring (bicyclic) bond motifs is 1. The molecule has 0 amide bonds. The minimum atomic E-state index is -4.33. The molecule has 0 aliphatic carbocycles. The standard InChI is InChI=1S/C29H24F2N2O4S/c1-19-14-22(32-37-19)16-27(34)28(15-20-8-2-5-11-24(20)30)38(35,36)29-18-33(26-13-7-4-10-23(26)29)17-21-9-3-6-12-25(21)31/h2-14,18,28H,15-17H2,1H3. The summed E-state index contributed by atoms with van der Waals surface area (Å²) in [4.78, 5) is 13.4. The van der Waals surface area contributed by atoms with Gasteiger partial charge in [0.1, 0.15) is 22.6 Å². The minimum Gasteiger partial charge on any atom is -0.361 e. The second-order valence-corrected chi connectivity index (χ2v) is 11.2. The summed E-state index contributed by atoms with van der Waals surface area (Å²) in [6.07, 6.45) is 0.787. The summed E-state index contributed by atoms with van der Waals surface area (Å²) in [6.45, 7) is 1.76. The molecule has 3 aromatic carbocycles. The summed E-state index contributed by atoms with van der Waals surface area (Å²) in [5.74, 6) is -1.16. The molecule has 0 radical (unpaired) electrons. The van der Waals surface area contributed by atoms with E-state index in [4.69, 9.17) is 4.52 Å². The fourth-order valence-electron chi connectivity index (χ4n) is 4.59. The van der Waals surface area contributed by atoms with E-state index in [1.807, 2.05) is 0 Å². The molecule has 194 valence electrons. The third-order valence-corrected chi connectivity index (χ3v) is 8.60. The molecule has 1 unspecified atom stereocenters. The average molecular weight is 535 g/mol. The predicted molar refractivity (Wildman–Crippen MR) is 138 cm³/mol. The van der Waals surface area contributed by atoms with Gasteiger partial charge in [0.2, 0.25) is 0 Å². The molecule has 9 heteroatoms. The van der Waals surface area contributed by atoms with Gasteiger partial charge in [0, 0.05) is 28.7 Å². The van der Waals surface area contributed by atoms with Gasteiger partial charge in [-0.05, 0) is 37.1 Å². The second kappa shape index (κ2) is 10.3. The molecule has 2 aromatic heterocycles. The van der Waals surface area contributed by atoms with E-state index in [2.05, 4.69) is 5.16 Å². The molecule has 38 heavy (non-hydrogen) atoms. The molecule has 6 nitrogen and oxygen atoms in total. The number of aryl methyl sites for hydroxylation is 1. The summed E-state index contributed by atoms with van der Waals surface area (Å²) < 4.78 is 64.0. The van der Waals surface area contributed by atoms with Crippen molar-refractivity contribution in [2.45, 2.75) is 36.5 Å². The van der Waals surface area contributed by atoms with Crippen LogP contribution >= 0.6 is 0 Å². The van der Waals surface area contributed by atoms with Crippen LogP contribution < -0.4 is 0 Å². The molecule has 0 N–H and O–H groups in total. The van der Waals surface area contributed by atoms with Crippen LogP contribution in [-0.4, -0.2) is 29.2 Å². The third-order valence-electron chi connectivity index (χ3n) is 6.49. The number of Topliss-reactive ketones (excluding diaryl/α,β-unsaturated/α-hetero) is 1. The van der Waals surface area contributed by atoms with Crippen molar-refractivity contribution < 1.29 is 26.5 Å². The molecule has 2 heterocycles. The van der Waals surface area contributed by atoms with E-state index in [0.717, 1.165) is 0 Å². The monoisotopic (exact) mass is 534 g/mol. The summed E-state index contributed by atoms with van der Waals surface area (Å²) in [5.41, 5.74) is 1.36. The van der Waals surface area contributed by atoms with Gasteiger partial charge in [-0.15, -0.1) is 0 Å². The van der Waals surface area contributed by atoms with Crippen molar-refractivity contribution in [3.63, 3.8) is 0 Å². The maximum Gasteiger partial charge on any atom is 0.190 e. The highest BCUT2D eigenvalue weighted by Gasteiger charge is 2.37. The zero-order valence-corrected chi connectivity index (χ0v) is 21.3. The van der Waals surface area contributed by atoms with E-state index in [1.54, 1.807) is 66.1 Å². The van der Waals surface area contributed by atoms with Crippen LogP contribution in [0, 0.1) is 18.6 Å². The lowest BCUT2D eigenvalue weighted by Gasteiger charge is -2.17. The zero-order chi connectivity index (χ0) is 26.9. The highest BCUT2D eigenvalue weighted by molar-refractivity contribution is 7.93. The maximum atomic E-state index is 14.6. The van der Waals surface area contributed by atoms with Crippen LogP contribution in [0.4, 0.5) is 8.78 Å². The van der Waals surface area contributed by atoms with E-state index >= 15 is 0 Å². The number of hydrogen-bond donors (Lipinski definition) is 0. The van der Waals surface area contributed by atoms with Gasteiger partial charge in [0.15, 0.2) is 15.6 Å². The number of carbonyl (C=O) groups is 1. The number of ketones is 1. The SMILES string of the molecule is Cc1cc(CC(=O)C(Cc2ccccc2F)S(=O)(=O)c2cn(Cc3ccccc3F)c3ccccc23)no1. The van der Waals surface area contributed by atoms with Crippen molar-refractivity contribution in [1.29, 1.82) is 0 Å². The first-order chi connectivity index (χ1) is 18.2. The first-order valence-corrected chi connectivity index (χ1v) is 13.5. The van der Waals surface area contributed by atoms with E-state index in [9.17, 15) is 22.0 Å². The first kappa shape index (κ1) is 25.5. The Morgan fingerprint density at radius 3 is 2.24 bits per heavy atom. The van der Waals surface area contributed by atoms with Crippen LogP contribution in [0.1, 0.15) is 22.6 Å². The van der Waals surface area contributed by atoms with Crippen LogP contribution in [0.2, 0.25) is 0 Å². The molecule has 0 aliphatic rings. The zero-order valence-electron chi connectivity index (χ0n) is 20.5. The molecule has 1 atom stereocenters. The molecule has 0 saturated carbocycles. The molecule has 0 spiro atoms. The Morgan fingerprint density at radius 2 is 1.58 bits per heavy atom. The largest absolute Gasteiger partial charge is 0.361 e. The molecular weight excluding hydrogens is 510 g/mol. The lowest BCUT2D eigenvalue weighted by atomic mass is 10.0. The molecule has 0 bridgehead atoms. The lowest BCUT2D eigenvalue weighted by molar-refractivity contribution is -0.118. The summed E-state index contributed by atoms with van der Waals surface area (Å²) in [7, 11) is -4.33. The quantitative estimate of drug-likeness (QED) is 0.251. The van der Waals surface area contributed by atoms with Gasteiger partial charge in [-0.25, -0.2) is 17.2 Å². The summed E-state index contributed by atoms with van der Waals surface area (Å²) in [6, 6.07) is 20.4. The fourth-order valence-corrected chi connectivity index (χ4v) is 6.48. The molecule has 0 aliphatic heterocycles. The van der Waals surface area contributed by atoms with E-state index in [-0.39, 0.29) is 29.8 Å². The van der Waals surface area contributed by atoms with Gasteiger partial charge in [0.25, 0.3) is 0 Å². The Morgan fingerprint density at radius 1 is 0.947 bits per heavy atom. The molecular formula is C29H24F2N2O4S. The minimum absolute atomic E-state index is 0.0736.